The van der Waals surface area contributed by atoms with Gasteiger partial charge in [-0.25, -0.2) is 4.39 Å². The molecular formula is C18H20ClFN2O. The van der Waals surface area contributed by atoms with Crippen LogP contribution < -0.4 is 0 Å². The first kappa shape index (κ1) is 16.1. The molecule has 0 bridgehead atoms. The summed E-state index contributed by atoms with van der Waals surface area (Å²) in [5.41, 5.74) is 2.42. The van der Waals surface area contributed by atoms with Crippen molar-refractivity contribution in [2.45, 2.75) is 19.8 Å². The van der Waals surface area contributed by atoms with Crippen LogP contribution >= 0.6 is 11.6 Å². The zero-order valence-electron chi connectivity index (χ0n) is 13.4. The van der Waals surface area contributed by atoms with E-state index in [0.717, 1.165) is 31.5 Å². The van der Waals surface area contributed by atoms with Crippen LogP contribution in [0.3, 0.4) is 0 Å². The van der Waals surface area contributed by atoms with E-state index in [4.69, 9.17) is 11.6 Å². The number of hydrogen-bond acceptors (Lipinski definition) is 1. The average molecular weight is 335 g/mol. The Kier molecular flexibility index (Phi) is 4.44. The Morgan fingerprint density at radius 2 is 2.17 bits per heavy atom. The van der Waals surface area contributed by atoms with E-state index in [9.17, 15) is 9.18 Å². The molecule has 3 rings (SSSR count). The zero-order valence-corrected chi connectivity index (χ0v) is 14.1. The van der Waals surface area contributed by atoms with Gasteiger partial charge < -0.3 is 9.47 Å². The molecule has 1 aromatic heterocycles. The summed E-state index contributed by atoms with van der Waals surface area (Å²) in [4.78, 5) is 14.5. The van der Waals surface area contributed by atoms with Crippen molar-refractivity contribution in [2.24, 2.45) is 13.0 Å². The molecule has 1 unspecified atom stereocenters. The van der Waals surface area contributed by atoms with Crippen molar-refractivity contribution in [3.8, 4) is 0 Å². The normalized spacial score (nSPS) is 17.7. The summed E-state index contributed by atoms with van der Waals surface area (Å²) in [5.74, 6) is 0.273. The van der Waals surface area contributed by atoms with E-state index in [0.29, 0.717) is 22.2 Å². The fraction of sp³-hybridized carbons (Fsp3) is 0.389. The number of rotatable bonds is 3. The van der Waals surface area contributed by atoms with Gasteiger partial charge in [-0.15, -0.1) is 0 Å². The molecule has 0 radical (unpaired) electrons. The summed E-state index contributed by atoms with van der Waals surface area (Å²) in [6.45, 7) is 3.27. The van der Waals surface area contributed by atoms with Gasteiger partial charge in [0.05, 0.1) is 5.02 Å². The fourth-order valence-electron chi connectivity index (χ4n) is 3.25. The van der Waals surface area contributed by atoms with E-state index in [-0.39, 0.29) is 11.7 Å². The molecule has 1 atom stereocenters. The molecule has 1 fully saturated rings. The smallest absolute Gasteiger partial charge is 0.270 e. The third-order valence-electron chi connectivity index (χ3n) is 4.51. The molecule has 23 heavy (non-hydrogen) atoms. The Bertz CT molecular complexity index is 741. The van der Waals surface area contributed by atoms with E-state index >= 15 is 0 Å². The monoisotopic (exact) mass is 334 g/mol. The highest BCUT2D eigenvalue weighted by Crippen LogP contribution is 2.24. The molecule has 5 heteroatoms. The second-order valence-corrected chi connectivity index (χ2v) is 6.78. The molecule has 3 nitrogen and oxygen atoms in total. The van der Waals surface area contributed by atoms with Gasteiger partial charge >= 0.3 is 0 Å². The minimum atomic E-state index is -0.169. The Hall–Kier alpha value is -1.81. The maximum Gasteiger partial charge on any atom is 0.270 e. The summed E-state index contributed by atoms with van der Waals surface area (Å²) < 4.78 is 15.1. The van der Waals surface area contributed by atoms with Crippen LogP contribution in [0.5, 0.6) is 0 Å². The lowest BCUT2D eigenvalue weighted by molar-refractivity contribution is 0.0777. The standard InChI is InChI=1S/C18H20ClFN2O/c1-12-7-13(3-4-16(12)20)8-14-5-6-22(10-14)18(23)17-9-15(19)11-21(17)2/h3-4,7,9,11,14H,5-6,8,10H2,1-2H3. The van der Waals surface area contributed by atoms with Crippen molar-refractivity contribution in [3.05, 3.63) is 58.1 Å². The summed E-state index contributed by atoms with van der Waals surface area (Å²) in [6.07, 6.45) is 3.59. The molecule has 1 aliphatic rings. The quantitative estimate of drug-likeness (QED) is 0.837. The first-order valence-electron chi connectivity index (χ1n) is 7.80. The Morgan fingerprint density at radius 1 is 1.39 bits per heavy atom. The maximum absolute atomic E-state index is 13.3. The Balaban J connectivity index is 1.65. The molecule has 122 valence electrons. The van der Waals surface area contributed by atoms with Crippen LogP contribution in [0, 0.1) is 18.7 Å². The van der Waals surface area contributed by atoms with Gasteiger partial charge in [0.25, 0.3) is 5.91 Å². The molecular weight excluding hydrogens is 315 g/mol. The number of aromatic nitrogens is 1. The molecule has 2 aromatic rings. The highest BCUT2D eigenvalue weighted by Gasteiger charge is 2.28. The predicted octanol–water partition coefficient (Wildman–Crippen LogP) is 3.83. The minimum Gasteiger partial charge on any atom is -0.345 e. The van der Waals surface area contributed by atoms with Crippen molar-refractivity contribution >= 4 is 17.5 Å². The van der Waals surface area contributed by atoms with Gasteiger partial charge in [0.15, 0.2) is 0 Å². The van der Waals surface area contributed by atoms with E-state index in [1.54, 1.807) is 23.8 Å². The van der Waals surface area contributed by atoms with Crippen molar-refractivity contribution in [1.82, 2.24) is 9.47 Å². The van der Waals surface area contributed by atoms with E-state index in [2.05, 4.69) is 0 Å². The second kappa shape index (κ2) is 6.36. The lowest BCUT2D eigenvalue weighted by atomic mass is 9.97. The van der Waals surface area contributed by atoms with Gasteiger partial charge in [0.2, 0.25) is 0 Å². The molecule has 1 aliphatic heterocycles. The van der Waals surface area contributed by atoms with E-state index in [1.165, 1.54) is 6.07 Å². The van der Waals surface area contributed by atoms with Crippen LogP contribution in [-0.2, 0) is 13.5 Å². The third kappa shape index (κ3) is 3.42. The lowest BCUT2D eigenvalue weighted by Crippen LogP contribution is -2.30. The number of amides is 1. The summed E-state index contributed by atoms with van der Waals surface area (Å²) in [5, 5.41) is 0.577. The number of carbonyl (C=O) groups is 1. The highest BCUT2D eigenvalue weighted by atomic mass is 35.5. The van der Waals surface area contributed by atoms with Crippen LogP contribution in [0.2, 0.25) is 5.02 Å². The van der Waals surface area contributed by atoms with E-state index < -0.39 is 0 Å². The molecule has 2 heterocycles. The van der Waals surface area contributed by atoms with Crippen molar-refractivity contribution in [2.75, 3.05) is 13.1 Å². The maximum atomic E-state index is 13.3. The van der Waals surface area contributed by atoms with Crippen molar-refractivity contribution in [1.29, 1.82) is 0 Å². The van der Waals surface area contributed by atoms with Gasteiger partial charge in [0, 0.05) is 26.3 Å². The van der Waals surface area contributed by atoms with Crippen LogP contribution in [0.1, 0.15) is 28.0 Å². The SMILES string of the molecule is Cc1cc(CC2CCN(C(=O)c3cc(Cl)cn3C)C2)ccc1F. The van der Waals surface area contributed by atoms with Crippen LogP contribution in [0.15, 0.2) is 30.5 Å². The number of hydrogen-bond donors (Lipinski definition) is 0. The van der Waals surface area contributed by atoms with Gasteiger partial charge in [0.1, 0.15) is 11.5 Å². The van der Waals surface area contributed by atoms with Crippen molar-refractivity contribution < 1.29 is 9.18 Å². The van der Waals surface area contributed by atoms with Gasteiger partial charge in [-0.3, -0.25) is 4.79 Å². The number of carbonyl (C=O) groups excluding carboxylic acids is 1. The van der Waals surface area contributed by atoms with Gasteiger partial charge in [-0.1, -0.05) is 23.7 Å². The number of nitrogens with zero attached hydrogens (tertiary/aromatic N) is 2. The largest absolute Gasteiger partial charge is 0.345 e. The van der Waals surface area contributed by atoms with Crippen molar-refractivity contribution in [3.63, 3.8) is 0 Å². The highest BCUT2D eigenvalue weighted by molar-refractivity contribution is 6.31. The summed E-state index contributed by atoms with van der Waals surface area (Å²) in [6, 6.07) is 6.97. The average Bonchev–Trinajstić information content (AvgIpc) is 3.09. The third-order valence-corrected chi connectivity index (χ3v) is 4.72. The topological polar surface area (TPSA) is 25.2 Å². The fourth-order valence-corrected chi connectivity index (χ4v) is 3.50. The molecule has 1 amide bonds. The number of halogens is 2. The van der Waals surface area contributed by atoms with Gasteiger partial charge in [-0.2, -0.15) is 0 Å². The number of benzene rings is 1. The van der Waals surface area contributed by atoms with E-state index in [1.807, 2.05) is 24.1 Å². The number of likely N-dealkylation sites (tertiary alicyclic amines) is 1. The first-order valence-corrected chi connectivity index (χ1v) is 8.18. The minimum absolute atomic E-state index is 0.0252. The summed E-state index contributed by atoms with van der Waals surface area (Å²) >= 11 is 5.96. The van der Waals surface area contributed by atoms with Crippen LogP contribution in [0.25, 0.3) is 0 Å². The van der Waals surface area contributed by atoms with Gasteiger partial charge in [-0.05, 0) is 48.9 Å². The molecule has 0 saturated carbocycles. The van der Waals surface area contributed by atoms with Crippen LogP contribution in [0.4, 0.5) is 4.39 Å². The lowest BCUT2D eigenvalue weighted by Gasteiger charge is -2.17. The Labute approximate surface area is 140 Å². The molecule has 0 aliphatic carbocycles. The molecule has 0 spiro atoms. The predicted molar refractivity (Wildman–Crippen MR) is 89.3 cm³/mol. The Morgan fingerprint density at radius 3 is 2.83 bits per heavy atom. The number of aryl methyl sites for hydroxylation is 2. The molecule has 1 aromatic carbocycles. The molecule has 1 saturated heterocycles. The zero-order chi connectivity index (χ0) is 16.6. The van der Waals surface area contributed by atoms with Crippen LogP contribution in [-0.4, -0.2) is 28.5 Å². The molecule has 0 N–H and O–H groups in total. The first-order chi connectivity index (χ1) is 10.9. The second-order valence-electron chi connectivity index (χ2n) is 6.35. The summed E-state index contributed by atoms with van der Waals surface area (Å²) in [7, 11) is 1.83.